The summed E-state index contributed by atoms with van der Waals surface area (Å²) in [6.45, 7) is 3.79. The second-order valence-corrected chi connectivity index (χ2v) is 5.92. The van der Waals surface area contributed by atoms with E-state index in [4.69, 9.17) is 18.7 Å². The summed E-state index contributed by atoms with van der Waals surface area (Å²) in [4.78, 5) is 6.81. The van der Waals surface area contributed by atoms with Crippen molar-refractivity contribution >= 4 is 0 Å². The fourth-order valence-electron chi connectivity index (χ4n) is 3.09. The number of likely N-dealkylation sites (tertiary alicyclic amines) is 1. The molecule has 0 saturated carbocycles. The number of nitrogens with zero attached hydrogens (tertiary/aromatic N) is 3. The summed E-state index contributed by atoms with van der Waals surface area (Å²) in [7, 11) is 1.75. The van der Waals surface area contributed by atoms with E-state index in [0.29, 0.717) is 24.2 Å². The smallest absolute Gasteiger partial charge is 0.241 e. The molecule has 0 radical (unpaired) electrons. The fourth-order valence-corrected chi connectivity index (χ4v) is 3.09. The quantitative estimate of drug-likeness (QED) is 0.834. The molecule has 0 N–H and O–H groups in total. The van der Waals surface area contributed by atoms with Crippen molar-refractivity contribution in [2.75, 3.05) is 33.6 Å². The highest BCUT2D eigenvalue weighted by Crippen LogP contribution is 2.35. The summed E-state index contributed by atoms with van der Waals surface area (Å²) in [5.74, 6) is 3.27. The van der Waals surface area contributed by atoms with Gasteiger partial charge >= 0.3 is 0 Å². The molecule has 0 bridgehead atoms. The van der Waals surface area contributed by atoms with E-state index in [0.717, 1.165) is 43.2 Å². The maximum atomic E-state index is 5.39. The van der Waals surface area contributed by atoms with Gasteiger partial charge in [0.2, 0.25) is 18.5 Å². The van der Waals surface area contributed by atoms with Gasteiger partial charge < -0.3 is 18.7 Å². The van der Waals surface area contributed by atoms with E-state index in [1.165, 1.54) is 0 Å². The minimum Gasteiger partial charge on any atom is -0.454 e. The highest BCUT2D eigenvalue weighted by Gasteiger charge is 2.24. The molecule has 1 aromatic heterocycles. The third-order valence-corrected chi connectivity index (χ3v) is 4.23. The van der Waals surface area contributed by atoms with Crippen LogP contribution in [-0.2, 0) is 11.3 Å². The third-order valence-electron chi connectivity index (χ3n) is 4.23. The van der Waals surface area contributed by atoms with Crippen LogP contribution in [0.3, 0.4) is 0 Å². The van der Waals surface area contributed by atoms with E-state index in [1.807, 2.05) is 18.2 Å². The average Bonchev–Trinajstić information content (AvgIpc) is 3.28. The van der Waals surface area contributed by atoms with Gasteiger partial charge in [-0.1, -0.05) is 5.16 Å². The molecule has 1 aromatic carbocycles. The van der Waals surface area contributed by atoms with Gasteiger partial charge in [0.1, 0.15) is 0 Å². The van der Waals surface area contributed by atoms with Crippen molar-refractivity contribution in [1.82, 2.24) is 15.0 Å². The number of ether oxygens (including phenoxy) is 3. The first kappa shape index (κ1) is 14.5. The molecule has 1 atom stereocenters. The molecule has 7 heteroatoms. The zero-order valence-electron chi connectivity index (χ0n) is 13.0. The minimum absolute atomic E-state index is 0.258. The van der Waals surface area contributed by atoms with Gasteiger partial charge in [-0.15, -0.1) is 0 Å². The molecular formula is C16H19N3O4. The monoisotopic (exact) mass is 317 g/mol. The molecule has 1 fully saturated rings. The predicted octanol–water partition coefficient (Wildman–Crippen LogP) is 1.93. The number of hydrogen-bond donors (Lipinski definition) is 0. The van der Waals surface area contributed by atoms with Gasteiger partial charge in [-0.25, -0.2) is 0 Å². The molecule has 2 aliphatic heterocycles. The van der Waals surface area contributed by atoms with Crippen molar-refractivity contribution in [3.05, 3.63) is 24.1 Å². The van der Waals surface area contributed by atoms with Gasteiger partial charge in [0.25, 0.3) is 0 Å². The zero-order chi connectivity index (χ0) is 15.6. The summed E-state index contributed by atoms with van der Waals surface area (Å²) in [5, 5.41) is 4.08. The molecule has 0 unspecified atom stereocenters. The molecule has 1 saturated heterocycles. The Kier molecular flexibility index (Phi) is 3.88. The lowest BCUT2D eigenvalue weighted by atomic mass is 10.1. The van der Waals surface area contributed by atoms with Crippen LogP contribution >= 0.6 is 0 Å². The summed E-state index contributed by atoms with van der Waals surface area (Å²) in [5.41, 5.74) is 0.864. The van der Waals surface area contributed by atoms with E-state index in [-0.39, 0.29) is 6.79 Å². The largest absolute Gasteiger partial charge is 0.454 e. The van der Waals surface area contributed by atoms with E-state index >= 15 is 0 Å². The first-order chi connectivity index (χ1) is 11.3. The van der Waals surface area contributed by atoms with Crippen molar-refractivity contribution in [3.8, 4) is 22.9 Å². The molecule has 0 spiro atoms. The van der Waals surface area contributed by atoms with Crippen LogP contribution in [0.25, 0.3) is 11.4 Å². The number of benzene rings is 1. The maximum Gasteiger partial charge on any atom is 0.241 e. The van der Waals surface area contributed by atoms with Crippen LogP contribution in [0.4, 0.5) is 0 Å². The average molecular weight is 317 g/mol. The topological polar surface area (TPSA) is 69.9 Å². The van der Waals surface area contributed by atoms with Crippen LogP contribution < -0.4 is 9.47 Å². The molecule has 23 heavy (non-hydrogen) atoms. The Morgan fingerprint density at radius 3 is 3.13 bits per heavy atom. The number of rotatable bonds is 5. The summed E-state index contributed by atoms with van der Waals surface area (Å²) >= 11 is 0. The van der Waals surface area contributed by atoms with E-state index in [1.54, 1.807) is 7.11 Å². The van der Waals surface area contributed by atoms with Crippen LogP contribution in [0.5, 0.6) is 11.5 Å². The second kappa shape index (κ2) is 6.17. The van der Waals surface area contributed by atoms with Crippen LogP contribution in [-0.4, -0.2) is 48.6 Å². The van der Waals surface area contributed by atoms with Gasteiger partial charge in [-0.05, 0) is 37.1 Å². The highest BCUT2D eigenvalue weighted by atomic mass is 16.7. The number of methoxy groups -OCH3 is 1. The van der Waals surface area contributed by atoms with Crippen molar-refractivity contribution in [2.24, 2.45) is 5.92 Å². The highest BCUT2D eigenvalue weighted by molar-refractivity contribution is 5.61. The third kappa shape index (κ3) is 3.02. The normalized spacial score (nSPS) is 20.3. The van der Waals surface area contributed by atoms with Crippen molar-refractivity contribution in [3.63, 3.8) is 0 Å². The summed E-state index contributed by atoms with van der Waals surface area (Å²) < 4.78 is 21.3. The molecule has 0 amide bonds. The first-order valence-electron chi connectivity index (χ1n) is 7.76. The molecule has 2 aliphatic rings. The Morgan fingerprint density at radius 1 is 1.30 bits per heavy atom. The molecule has 4 rings (SSSR count). The van der Waals surface area contributed by atoms with Crippen molar-refractivity contribution < 1.29 is 18.7 Å². The SMILES string of the molecule is COC[C@H]1CCN(Cc2nc(-c3ccc4c(c3)OCO4)no2)C1. The van der Waals surface area contributed by atoms with Gasteiger partial charge in [0, 0.05) is 19.2 Å². The summed E-state index contributed by atoms with van der Waals surface area (Å²) in [6, 6.07) is 5.65. The van der Waals surface area contributed by atoms with E-state index in [2.05, 4.69) is 15.0 Å². The lowest BCUT2D eigenvalue weighted by Gasteiger charge is -2.12. The standard InChI is InChI=1S/C16H19N3O4/c1-20-9-11-4-5-19(7-11)8-15-17-16(18-23-15)12-2-3-13-14(6-12)22-10-21-13/h2-3,6,11H,4-5,7-10H2,1H3/t11-/m0/s1. The zero-order valence-corrected chi connectivity index (χ0v) is 13.0. The molecule has 2 aromatic rings. The Hall–Kier alpha value is -2.12. The number of hydrogen-bond acceptors (Lipinski definition) is 7. The minimum atomic E-state index is 0.258. The van der Waals surface area contributed by atoms with Gasteiger partial charge in [-0.2, -0.15) is 4.98 Å². The Labute approximate surface area is 134 Å². The molecular weight excluding hydrogens is 298 g/mol. The lowest BCUT2D eigenvalue weighted by Crippen LogP contribution is -2.21. The summed E-state index contributed by atoms with van der Waals surface area (Å²) in [6.07, 6.45) is 1.15. The number of fused-ring (bicyclic) bond motifs is 1. The van der Waals surface area contributed by atoms with Crippen LogP contribution in [0.15, 0.2) is 22.7 Å². The van der Waals surface area contributed by atoms with Gasteiger partial charge in [0.05, 0.1) is 13.2 Å². The lowest BCUT2D eigenvalue weighted by molar-refractivity contribution is 0.151. The van der Waals surface area contributed by atoms with Gasteiger partial charge in [0.15, 0.2) is 11.5 Å². The van der Waals surface area contributed by atoms with Crippen LogP contribution in [0, 0.1) is 5.92 Å². The van der Waals surface area contributed by atoms with Crippen LogP contribution in [0.2, 0.25) is 0 Å². The number of aromatic nitrogens is 2. The predicted molar refractivity (Wildman–Crippen MR) is 81.1 cm³/mol. The fraction of sp³-hybridized carbons (Fsp3) is 0.500. The van der Waals surface area contributed by atoms with Crippen LogP contribution in [0.1, 0.15) is 12.3 Å². The Balaban J connectivity index is 1.43. The molecule has 3 heterocycles. The van der Waals surface area contributed by atoms with Crippen molar-refractivity contribution in [1.29, 1.82) is 0 Å². The first-order valence-corrected chi connectivity index (χ1v) is 7.76. The van der Waals surface area contributed by atoms with Gasteiger partial charge in [-0.3, -0.25) is 4.90 Å². The molecule has 7 nitrogen and oxygen atoms in total. The van der Waals surface area contributed by atoms with E-state index in [9.17, 15) is 0 Å². The van der Waals surface area contributed by atoms with Crippen molar-refractivity contribution in [2.45, 2.75) is 13.0 Å². The molecule has 122 valence electrons. The second-order valence-electron chi connectivity index (χ2n) is 5.92. The van der Waals surface area contributed by atoms with E-state index < -0.39 is 0 Å². The maximum absolute atomic E-state index is 5.39. The Bertz CT molecular complexity index is 688. The molecule has 0 aliphatic carbocycles. The Morgan fingerprint density at radius 2 is 2.22 bits per heavy atom.